The van der Waals surface area contributed by atoms with E-state index in [9.17, 15) is 4.79 Å². The summed E-state index contributed by atoms with van der Waals surface area (Å²) in [5, 5.41) is 0. The zero-order valence-electron chi connectivity index (χ0n) is 14.2. The Balaban J connectivity index is 1.87. The largest absolute Gasteiger partial charge is 0.490 e. The van der Waals surface area contributed by atoms with E-state index in [0.29, 0.717) is 30.5 Å². The molecule has 130 valence electrons. The molecule has 2 heterocycles. The molecule has 0 N–H and O–H groups in total. The van der Waals surface area contributed by atoms with Crippen LogP contribution in [0.15, 0.2) is 51.7 Å². The van der Waals surface area contributed by atoms with Gasteiger partial charge in [-0.25, -0.2) is 9.79 Å². The molecule has 0 bridgehead atoms. The van der Waals surface area contributed by atoms with E-state index in [1.165, 1.54) is 6.26 Å². The minimum absolute atomic E-state index is 0.161. The number of nitrogens with zero attached hydrogens (tertiary/aromatic N) is 1. The summed E-state index contributed by atoms with van der Waals surface area (Å²) in [7, 11) is 0. The van der Waals surface area contributed by atoms with E-state index in [0.717, 1.165) is 12.0 Å². The van der Waals surface area contributed by atoms with Crippen LogP contribution < -0.4 is 9.47 Å². The Morgan fingerprint density at radius 3 is 2.76 bits per heavy atom. The Bertz CT molecular complexity index is 805. The average Bonchev–Trinajstić information content (AvgIpc) is 3.25. The molecule has 6 heteroatoms. The maximum absolute atomic E-state index is 12.0. The minimum Gasteiger partial charge on any atom is -0.490 e. The van der Waals surface area contributed by atoms with Gasteiger partial charge in [-0.05, 0) is 49.2 Å². The molecule has 0 amide bonds. The van der Waals surface area contributed by atoms with Crippen LogP contribution in [0.2, 0.25) is 0 Å². The van der Waals surface area contributed by atoms with Crippen LogP contribution in [0.4, 0.5) is 0 Å². The van der Waals surface area contributed by atoms with Crippen LogP contribution in [-0.2, 0) is 9.53 Å². The molecular formula is C19H19NO5. The first-order valence-corrected chi connectivity index (χ1v) is 8.17. The van der Waals surface area contributed by atoms with Gasteiger partial charge in [0.05, 0.1) is 19.5 Å². The van der Waals surface area contributed by atoms with Gasteiger partial charge in [0.2, 0.25) is 0 Å². The number of esters is 1. The molecule has 0 saturated heterocycles. The second kappa shape index (κ2) is 7.70. The molecule has 6 nitrogen and oxygen atoms in total. The van der Waals surface area contributed by atoms with Gasteiger partial charge >= 0.3 is 5.97 Å². The van der Waals surface area contributed by atoms with Gasteiger partial charge in [0.1, 0.15) is 0 Å². The number of aliphatic imine (C=N–C) groups is 1. The van der Waals surface area contributed by atoms with E-state index in [1.807, 2.05) is 32.0 Å². The summed E-state index contributed by atoms with van der Waals surface area (Å²) < 4.78 is 21.6. The molecule has 3 rings (SSSR count). The van der Waals surface area contributed by atoms with Crippen molar-refractivity contribution in [3.8, 4) is 11.5 Å². The Kier molecular flexibility index (Phi) is 5.18. The lowest BCUT2D eigenvalue weighted by atomic mass is 10.1. The van der Waals surface area contributed by atoms with Crippen LogP contribution in [0.5, 0.6) is 11.5 Å². The summed E-state index contributed by atoms with van der Waals surface area (Å²) in [5.41, 5.74) is 0.972. The zero-order chi connectivity index (χ0) is 17.6. The summed E-state index contributed by atoms with van der Waals surface area (Å²) in [6.45, 7) is 5.08. The lowest BCUT2D eigenvalue weighted by Gasteiger charge is -2.12. The highest BCUT2D eigenvalue weighted by Crippen LogP contribution is 2.30. The summed E-state index contributed by atoms with van der Waals surface area (Å²) in [5.74, 6) is 1.37. The summed E-state index contributed by atoms with van der Waals surface area (Å²) in [6, 6.07) is 8.87. The standard InChI is InChI=1S/C19H19NO5/c1-3-9-23-15-8-7-13(12-17(15)22-4-2)11-14-19(21)25-18(20-14)16-6-5-10-24-16/h5-8,10-12H,3-4,9H2,1-2H3. The molecule has 1 aliphatic rings. The van der Waals surface area contributed by atoms with Crippen molar-refractivity contribution in [2.24, 2.45) is 4.99 Å². The Morgan fingerprint density at radius 2 is 2.04 bits per heavy atom. The number of carbonyl (C=O) groups excluding carboxylic acids is 1. The highest BCUT2D eigenvalue weighted by atomic mass is 16.6. The summed E-state index contributed by atoms with van der Waals surface area (Å²) >= 11 is 0. The second-order valence-corrected chi connectivity index (χ2v) is 5.30. The van der Waals surface area contributed by atoms with E-state index in [4.69, 9.17) is 18.6 Å². The lowest BCUT2D eigenvalue weighted by molar-refractivity contribution is -0.130. The van der Waals surface area contributed by atoms with E-state index < -0.39 is 5.97 Å². The van der Waals surface area contributed by atoms with Crippen molar-refractivity contribution in [3.63, 3.8) is 0 Å². The average molecular weight is 341 g/mol. The Morgan fingerprint density at radius 1 is 1.16 bits per heavy atom. The maximum atomic E-state index is 12.0. The smallest absolute Gasteiger partial charge is 0.363 e. The molecule has 1 aromatic carbocycles. The van der Waals surface area contributed by atoms with Crippen molar-refractivity contribution in [2.45, 2.75) is 20.3 Å². The summed E-state index contributed by atoms with van der Waals surface area (Å²) in [6.07, 6.45) is 4.05. The van der Waals surface area contributed by atoms with Gasteiger partial charge < -0.3 is 18.6 Å². The van der Waals surface area contributed by atoms with Gasteiger partial charge in [-0.2, -0.15) is 0 Å². The molecule has 2 aromatic rings. The number of benzene rings is 1. The third-order valence-electron chi connectivity index (χ3n) is 3.39. The minimum atomic E-state index is -0.518. The quantitative estimate of drug-likeness (QED) is 0.566. The molecule has 0 atom stereocenters. The number of rotatable bonds is 7. The van der Waals surface area contributed by atoms with E-state index in [1.54, 1.807) is 18.2 Å². The van der Waals surface area contributed by atoms with Gasteiger partial charge in [0, 0.05) is 0 Å². The first-order valence-electron chi connectivity index (χ1n) is 8.17. The van der Waals surface area contributed by atoms with Crippen molar-refractivity contribution in [1.82, 2.24) is 0 Å². The van der Waals surface area contributed by atoms with Gasteiger partial charge in [0.15, 0.2) is 23.0 Å². The fourth-order valence-corrected chi connectivity index (χ4v) is 2.29. The molecule has 1 aliphatic heterocycles. The zero-order valence-corrected chi connectivity index (χ0v) is 14.2. The molecule has 0 unspecified atom stereocenters. The maximum Gasteiger partial charge on any atom is 0.363 e. The Hall–Kier alpha value is -3.02. The first-order chi connectivity index (χ1) is 12.2. The van der Waals surface area contributed by atoms with Crippen molar-refractivity contribution in [1.29, 1.82) is 0 Å². The monoisotopic (exact) mass is 341 g/mol. The molecule has 0 fully saturated rings. The van der Waals surface area contributed by atoms with E-state index in [-0.39, 0.29) is 11.6 Å². The lowest BCUT2D eigenvalue weighted by Crippen LogP contribution is -2.04. The van der Waals surface area contributed by atoms with Gasteiger partial charge in [-0.15, -0.1) is 0 Å². The molecule has 25 heavy (non-hydrogen) atoms. The van der Waals surface area contributed by atoms with Crippen LogP contribution in [0.3, 0.4) is 0 Å². The van der Waals surface area contributed by atoms with Crippen LogP contribution in [0, 0.1) is 0 Å². The number of furan rings is 1. The molecule has 0 radical (unpaired) electrons. The number of cyclic esters (lactones) is 1. The molecule has 0 spiro atoms. The van der Waals surface area contributed by atoms with Crippen molar-refractivity contribution >= 4 is 17.9 Å². The van der Waals surface area contributed by atoms with Crippen LogP contribution in [-0.4, -0.2) is 25.1 Å². The Labute approximate surface area is 145 Å². The van der Waals surface area contributed by atoms with Crippen LogP contribution in [0.25, 0.3) is 6.08 Å². The SMILES string of the molecule is CCCOc1ccc(C=C2N=C(c3ccco3)OC2=O)cc1OCC. The fraction of sp³-hybridized carbons (Fsp3) is 0.263. The third kappa shape index (κ3) is 3.91. The van der Waals surface area contributed by atoms with Crippen LogP contribution >= 0.6 is 0 Å². The van der Waals surface area contributed by atoms with Gasteiger partial charge in [-0.1, -0.05) is 13.0 Å². The second-order valence-electron chi connectivity index (χ2n) is 5.30. The van der Waals surface area contributed by atoms with Crippen molar-refractivity contribution in [3.05, 3.63) is 53.6 Å². The molecule has 0 aliphatic carbocycles. The van der Waals surface area contributed by atoms with Gasteiger partial charge in [-0.3, -0.25) is 0 Å². The highest BCUT2D eigenvalue weighted by molar-refractivity contribution is 6.11. The molecular weight excluding hydrogens is 322 g/mol. The number of hydrogen-bond acceptors (Lipinski definition) is 6. The van der Waals surface area contributed by atoms with Crippen molar-refractivity contribution in [2.75, 3.05) is 13.2 Å². The first kappa shape index (κ1) is 16.8. The van der Waals surface area contributed by atoms with Crippen molar-refractivity contribution < 1.29 is 23.4 Å². The number of ether oxygens (including phenoxy) is 3. The topological polar surface area (TPSA) is 70.3 Å². The molecule has 1 aromatic heterocycles. The highest BCUT2D eigenvalue weighted by Gasteiger charge is 2.25. The normalized spacial score (nSPS) is 15.2. The number of carbonyl (C=O) groups is 1. The third-order valence-corrected chi connectivity index (χ3v) is 3.39. The van der Waals surface area contributed by atoms with E-state index in [2.05, 4.69) is 4.99 Å². The van der Waals surface area contributed by atoms with Gasteiger partial charge in [0.25, 0.3) is 5.90 Å². The number of hydrogen-bond donors (Lipinski definition) is 0. The summed E-state index contributed by atoms with van der Waals surface area (Å²) in [4.78, 5) is 16.2. The molecule has 0 saturated carbocycles. The van der Waals surface area contributed by atoms with E-state index >= 15 is 0 Å². The fourth-order valence-electron chi connectivity index (χ4n) is 2.29. The van der Waals surface area contributed by atoms with Crippen LogP contribution in [0.1, 0.15) is 31.6 Å². The predicted molar refractivity (Wildman–Crippen MR) is 92.7 cm³/mol. The predicted octanol–water partition coefficient (Wildman–Crippen LogP) is 3.81.